The van der Waals surface area contributed by atoms with Crippen LogP contribution in [0.25, 0.3) is 0 Å². The Morgan fingerprint density at radius 1 is 0.628 bits per heavy atom. The van der Waals surface area contributed by atoms with Crippen LogP contribution in [0.4, 0.5) is 11.4 Å². The molecule has 0 aliphatic carbocycles. The molecule has 214 valence electrons. The largest absolute Gasteiger partial charge is 0.489 e. The second kappa shape index (κ2) is 13.6. The molecule has 0 fully saturated rings. The minimum Gasteiger partial charge on any atom is -0.489 e. The molecule has 3 N–H and O–H groups in total. The van der Waals surface area contributed by atoms with Gasteiger partial charge in [0.05, 0.1) is 17.7 Å². The smallest absolute Gasteiger partial charge is 0.337 e. The molecular weight excluding hydrogens is 544 g/mol. The Labute approximate surface area is 248 Å². The molecule has 0 aliphatic rings. The van der Waals surface area contributed by atoms with Gasteiger partial charge < -0.3 is 25.2 Å². The highest BCUT2D eigenvalue weighted by Gasteiger charge is 2.12. The normalized spacial score (nSPS) is 10.4. The molecule has 0 saturated heterocycles. The van der Waals surface area contributed by atoms with Crippen molar-refractivity contribution in [1.29, 1.82) is 0 Å². The number of anilines is 2. The van der Waals surface area contributed by atoms with Crippen molar-refractivity contribution in [2.45, 2.75) is 13.0 Å². The number of hydrogen-bond donors (Lipinski definition) is 3. The van der Waals surface area contributed by atoms with Gasteiger partial charge in [0.1, 0.15) is 23.9 Å². The lowest BCUT2D eigenvalue weighted by atomic mass is 10.1. The zero-order valence-electron chi connectivity index (χ0n) is 23.0. The molecule has 43 heavy (non-hydrogen) atoms. The lowest BCUT2D eigenvalue weighted by Crippen LogP contribution is -2.16. The standard InChI is InChI=1S/C35H28N2O6/c38-33(37-32-12-5-4-11-31(32)35(40)41)22-24-13-15-29(16-14-24)43-30-19-17-28(18-20-30)42-23-25-7-6-10-27(21-25)36-34(39)26-8-2-1-3-9-26/h1-21H,22-23H2,(H,36,39)(H,37,38)(H,40,41). The maximum Gasteiger partial charge on any atom is 0.337 e. The van der Waals surface area contributed by atoms with Crippen molar-refractivity contribution in [3.8, 4) is 17.2 Å². The Morgan fingerprint density at radius 2 is 1.28 bits per heavy atom. The van der Waals surface area contributed by atoms with Crippen molar-refractivity contribution >= 4 is 29.2 Å². The van der Waals surface area contributed by atoms with Crippen LogP contribution in [-0.4, -0.2) is 22.9 Å². The SMILES string of the molecule is O=C(Cc1ccc(Oc2ccc(OCc3cccc(NC(=O)c4ccccc4)c3)cc2)cc1)Nc1ccccc1C(=O)O. The van der Waals surface area contributed by atoms with Gasteiger partial charge in [-0.05, 0) is 83.9 Å². The molecule has 0 heterocycles. The molecule has 0 radical (unpaired) electrons. The molecule has 5 rings (SSSR count). The lowest BCUT2D eigenvalue weighted by Gasteiger charge is -2.11. The maximum atomic E-state index is 12.5. The third kappa shape index (κ3) is 8.08. The summed E-state index contributed by atoms with van der Waals surface area (Å²) in [7, 11) is 0. The van der Waals surface area contributed by atoms with Gasteiger partial charge in [-0.1, -0.05) is 54.6 Å². The van der Waals surface area contributed by atoms with E-state index in [1.54, 1.807) is 66.7 Å². The Morgan fingerprint density at radius 3 is 2.00 bits per heavy atom. The summed E-state index contributed by atoms with van der Waals surface area (Å²) in [6.45, 7) is 0.326. The number of benzene rings is 5. The molecule has 5 aromatic rings. The predicted molar refractivity (Wildman–Crippen MR) is 164 cm³/mol. The fourth-order valence-electron chi connectivity index (χ4n) is 4.27. The molecular formula is C35H28N2O6. The van der Waals surface area contributed by atoms with Crippen LogP contribution in [0.5, 0.6) is 17.2 Å². The summed E-state index contributed by atoms with van der Waals surface area (Å²) in [5, 5.41) is 14.9. The summed E-state index contributed by atoms with van der Waals surface area (Å²) in [5.74, 6) is 0.289. The molecule has 0 aliphatic heterocycles. The monoisotopic (exact) mass is 572 g/mol. The van der Waals surface area contributed by atoms with Gasteiger partial charge in [-0.25, -0.2) is 4.79 Å². The number of nitrogens with one attached hydrogen (secondary N) is 2. The number of carbonyl (C=O) groups is 3. The summed E-state index contributed by atoms with van der Waals surface area (Å²) >= 11 is 0. The summed E-state index contributed by atoms with van der Waals surface area (Å²) in [6.07, 6.45) is 0.0859. The van der Waals surface area contributed by atoms with E-state index in [9.17, 15) is 19.5 Å². The second-order valence-electron chi connectivity index (χ2n) is 9.60. The molecule has 0 atom stereocenters. The van der Waals surface area contributed by atoms with Crippen molar-refractivity contribution in [3.05, 3.63) is 150 Å². The minimum absolute atomic E-state index is 0.0368. The quantitative estimate of drug-likeness (QED) is 0.154. The summed E-state index contributed by atoms with van der Waals surface area (Å²) in [6, 6.07) is 37.1. The predicted octanol–water partition coefficient (Wildman–Crippen LogP) is 7.19. The van der Waals surface area contributed by atoms with Crippen LogP contribution < -0.4 is 20.1 Å². The van der Waals surface area contributed by atoms with Gasteiger partial charge in [0, 0.05) is 11.3 Å². The van der Waals surface area contributed by atoms with Crippen LogP contribution in [0.3, 0.4) is 0 Å². The van der Waals surface area contributed by atoms with Gasteiger partial charge in [0.2, 0.25) is 5.91 Å². The van der Waals surface area contributed by atoms with E-state index in [1.165, 1.54) is 6.07 Å². The average molecular weight is 573 g/mol. The number of carboxylic acids is 1. The topological polar surface area (TPSA) is 114 Å². The third-order valence-corrected chi connectivity index (χ3v) is 6.41. The van der Waals surface area contributed by atoms with Crippen molar-refractivity contribution in [2.24, 2.45) is 0 Å². The third-order valence-electron chi connectivity index (χ3n) is 6.41. The summed E-state index contributed by atoms with van der Waals surface area (Å²) in [5.41, 5.74) is 3.24. The van der Waals surface area contributed by atoms with E-state index in [0.29, 0.717) is 35.1 Å². The Kier molecular flexibility index (Phi) is 9.09. The molecule has 0 saturated carbocycles. The maximum absolute atomic E-state index is 12.5. The molecule has 0 unspecified atom stereocenters. The van der Waals surface area contributed by atoms with Gasteiger partial charge >= 0.3 is 5.97 Å². The van der Waals surface area contributed by atoms with E-state index in [4.69, 9.17) is 9.47 Å². The number of carbonyl (C=O) groups excluding carboxylic acids is 2. The first-order chi connectivity index (χ1) is 20.9. The Hall–Kier alpha value is -5.89. The van der Waals surface area contributed by atoms with E-state index >= 15 is 0 Å². The number of amides is 2. The summed E-state index contributed by atoms with van der Waals surface area (Å²) in [4.78, 5) is 36.2. The fourth-order valence-corrected chi connectivity index (χ4v) is 4.27. The van der Waals surface area contributed by atoms with E-state index < -0.39 is 5.97 Å². The Bertz CT molecular complexity index is 1720. The van der Waals surface area contributed by atoms with Crippen LogP contribution in [0.1, 0.15) is 31.8 Å². The first kappa shape index (κ1) is 28.6. The molecule has 2 amide bonds. The number of rotatable bonds is 11. The number of carboxylic acid groups (broad SMARTS) is 1. The molecule has 0 spiro atoms. The fraction of sp³-hybridized carbons (Fsp3) is 0.0571. The van der Waals surface area contributed by atoms with Gasteiger partial charge in [0.25, 0.3) is 5.91 Å². The molecule has 0 bridgehead atoms. The van der Waals surface area contributed by atoms with E-state index in [-0.39, 0.29) is 29.5 Å². The summed E-state index contributed by atoms with van der Waals surface area (Å²) < 4.78 is 11.8. The van der Waals surface area contributed by atoms with Gasteiger partial charge in [0.15, 0.2) is 0 Å². The highest BCUT2D eigenvalue weighted by molar-refractivity contribution is 6.04. The molecule has 0 aromatic heterocycles. The average Bonchev–Trinajstić information content (AvgIpc) is 3.02. The Balaban J connectivity index is 1.10. The zero-order valence-corrected chi connectivity index (χ0v) is 23.0. The first-order valence-electron chi connectivity index (χ1n) is 13.5. The molecule has 8 heteroatoms. The number of ether oxygens (including phenoxy) is 2. The van der Waals surface area contributed by atoms with E-state index in [0.717, 1.165) is 11.1 Å². The number of aromatic carboxylic acids is 1. The van der Waals surface area contributed by atoms with Crippen molar-refractivity contribution < 1.29 is 29.0 Å². The van der Waals surface area contributed by atoms with Crippen LogP contribution in [-0.2, 0) is 17.8 Å². The van der Waals surface area contributed by atoms with E-state index in [2.05, 4.69) is 10.6 Å². The van der Waals surface area contributed by atoms with Crippen molar-refractivity contribution in [1.82, 2.24) is 0 Å². The molecule has 8 nitrogen and oxygen atoms in total. The van der Waals surface area contributed by atoms with Crippen molar-refractivity contribution in [3.63, 3.8) is 0 Å². The van der Waals surface area contributed by atoms with Crippen molar-refractivity contribution in [2.75, 3.05) is 10.6 Å². The van der Waals surface area contributed by atoms with Gasteiger partial charge in [-0.2, -0.15) is 0 Å². The van der Waals surface area contributed by atoms with Crippen LogP contribution in [0.15, 0.2) is 127 Å². The zero-order chi connectivity index (χ0) is 30.0. The van der Waals surface area contributed by atoms with Crippen LogP contribution in [0.2, 0.25) is 0 Å². The molecule has 5 aromatic carbocycles. The second-order valence-corrected chi connectivity index (χ2v) is 9.60. The minimum atomic E-state index is -1.10. The van der Waals surface area contributed by atoms with Crippen LogP contribution in [0, 0.1) is 0 Å². The highest BCUT2D eigenvalue weighted by atomic mass is 16.5. The number of para-hydroxylation sites is 1. The highest BCUT2D eigenvalue weighted by Crippen LogP contribution is 2.25. The lowest BCUT2D eigenvalue weighted by molar-refractivity contribution is -0.115. The van der Waals surface area contributed by atoms with Crippen LogP contribution >= 0.6 is 0 Å². The number of hydrogen-bond acceptors (Lipinski definition) is 5. The van der Waals surface area contributed by atoms with E-state index in [1.807, 2.05) is 54.6 Å². The van der Waals surface area contributed by atoms with Gasteiger partial charge in [-0.3, -0.25) is 9.59 Å². The van der Waals surface area contributed by atoms with Gasteiger partial charge in [-0.15, -0.1) is 0 Å². The first-order valence-corrected chi connectivity index (χ1v) is 13.5.